The summed E-state index contributed by atoms with van der Waals surface area (Å²) in [6.07, 6.45) is 2.38. The molecular formula is C22H21ClN2O3. The van der Waals surface area contributed by atoms with Crippen LogP contribution >= 0.6 is 11.6 Å². The van der Waals surface area contributed by atoms with Crippen LogP contribution < -0.4 is 0 Å². The lowest BCUT2D eigenvalue weighted by molar-refractivity contribution is -0.139. The van der Waals surface area contributed by atoms with Crippen LogP contribution in [-0.2, 0) is 16.0 Å². The number of ether oxygens (including phenoxy) is 1. The third kappa shape index (κ3) is 4.26. The van der Waals surface area contributed by atoms with Gasteiger partial charge in [-0.05, 0) is 17.7 Å². The van der Waals surface area contributed by atoms with Crippen LogP contribution in [0.5, 0.6) is 0 Å². The number of benzene rings is 2. The van der Waals surface area contributed by atoms with Gasteiger partial charge in [-0.15, -0.1) is 0 Å². The van der Waals surface area contributed by atoms with Crippen LogP contribution in [0.4, 0.5) is 0 Å². The second-order valence-corrected chi connectivity index (χ2v) is 7.12. The van der Waals surface area contributed by atoms with Crippen LogP contribution in [0.2, 0.25) is 5.02 Å². The number of carbonyl (C=O) groups excluding carboxylic acids is 1. The van der Waals surface area contributed by atoms with E-state index in [1.807, 2.05) is 59.5 Å². The third-order valence-corrected chi connectivity index (χ3v) is 5.17. The molecule has 2 aromatic carbocycles. The molecule has 144 valence electrons. The molecule has 0 radical (unpaired) electrons. The molecule has 1 aromatic heterocycles. The van der Waals surface area contributed by atoms with Crippen molar-refractivity contribution in [3.8, 4) is 11.3 Å². The Bertz CT molecular complexity index is 942. The molecule has 1 saturated heterocycles. The lowest BCUT2D eigenvalue weighted by Gasteiger charge is -2.33. The number of halogens is 1. The molecule has 1 aliphatic heterocycles. The fraction of sp³-hybridized carbons (Fsp3) is 0.273. The molecule has 1 amide bonds. The molecular weight excluding hydrogens is 376 g/mol. The van der Waals surface area contributed by atoms with E-state index in [-0.39, 0.29) is 12.0 Å². The summed E-state index contributed by atoms with van der Waals surface area (Å²) in [6.45, 7) is 1.72. The summed E-state index contributed by atoms with van der Waals surface area (Å²) in [5.41, 5.74) is 1.89. The fourth-order valence-corrected chi connectivity index (χ4v) is 3.56. The van der Waals surface area contributed by atoms with Crippen molar-refractivity contribution in [3.63, 3.8) is 0 Å². The van der Waals surface area contributed by atoms with Crippen molar-refractivity contribution in [2.75, 3.05) is 19.7 Å². The number of amides is 1. The molecule has 1 aliphatic rings. The number of carbonyl (C=O) groups is 1. The maximum absolute atomic E-state index is 12.7. The zero-order valence-electron chi connectivity index (χ0n) is 15.4. The van der Waals surface area contributed by atoms with E-state index in [1.54, 1.807) is 6.20 Å². The normalized spacial score (nSPS) is 16.9. The van der Waals surface area contributed by atoms with Crippen molar-refractivity contribution in [2.45, 2.75) is 18.9 Å². The summed E-state index contributed by atoms with van der Waals surface area (Å²) in [5.74, 6) is 1.24. The highest BCUT2D eigenvalue weighted by molar-refractivity contribution is 6.33. The van der Waals surface area contributed by atoms with E-state index in [0.717, 1.165) is 11.1 Å². The van der Waals surface area contributed by atoms with Gasteiger partial charge in [0.05, 0.1) is 24.4 Å². The first-order valence-corrected chi connectivity index (χ1v) is 9.72. The zero-order chi connectivity index (χ0) is 19.3. The van der Waals surface area contributed by atoms with E-state index >= 15 is 0 Å². The van der Waals surface area contributed by atoms with Crippen LogP contribution in [0.3, 0.4) is 0 Å². The number of nitrogens with zero attached hydrogens (tertiary/aromatic N) is 2. The van der Waals surface area contributed by atoms with E-state index in [0.29, 0.717) is 49.2 Å². The summed E-state index contributed by atoms with van der Waals surface area (Å²) in [5, 5.41) is 0.613. The van der Waals surface area contributed by atoms with Crippen molar-refractivity contribution in [3.05, 3.63) is 77.3 Å². The van der Waals surface area contributed by atoms with Gasteiger partial charge in [0.2, 0.25) is 5.91 Å². The van der Waals surface area contributed by atoms with Crippen molar-refractivity contribution in [1.82, 2.24) is 9.88 Å². The highest BCUT2D eigenvalue weighted by atomic mass is 35.5. The standard InChI is InChI=1S/C22H21ClN2O3/c23-18-9-5-4-8-17(18)19-14-24-21(28-19)10-11-22(26)25-12-13-27-20(15-25)16-6-2-1-3-7-16/h1-9,14,20H,10-13,15H2. The first kappa shape index (κ1) is 18.7. The molecule has 1 fully saturated rings. The van der Waals surface area contributed by atoms with E-state index in [2.05, 4.69) is 4.98 Å². The Labute approximate surface area is 168 Å². The summed E-state index contributed by atoms with van der Waals surface area (Å²) in [6, 6.07) is 17.5. The predicted octanol–water partition coefficient (Wildman–Crippen LogP) is 4.53. The molecule has 3 aromatic rings. The second-order valence-electron chi connectivity index (χ2n) is 6.71. The van der Waals surface area contributed by atoms with Crippen molar-refractivity contribution < 1.29 is 13.9 Å². The Morgan fingerprint density at radius 2 is 1.93 bits per heavy atom. The van der Waals surface area contributed by atoms with E-state index in [1.165, 1.54) is 0 Å². The van der Waals surface area contributed by atoms with Crippen LogP contribution in [0.15, 0.2) is 65.2 Å². The minimum atomic E-state index is -0.0764. The van der Waals surface area contributed by atoms with Crippen molar-refractivity contribution >= 4 is 17.5 Å². The van der Waals surface area contributed by atoms with E-state index in [9.17, 15) is 4.79 Å². The molecule has 0 aliphatic carbocycles. The van der Waals surface area contributed by atoms with Gasteiger partial charge in [0.15, 0.2) is 11.7 Å². The van der Waals surface area contributed by atoms with Gasteiger partial charge in [-0.25, -0.2) is 4.98 Å². The molecule has 4 rings (SSSR count). The first-order chi connectivity index (χ1) is 13.7. The number of hydrogen-bond donors (Lipinski definition) is 0. The fourth-order valence-electron chi connectivity index (χ4n) is 3.33. The SMILES string of the molecule is O=C(CCc1ncc(-c2ccccc2Cl)o1)N1CCOC(c2ccccc2)C1. The highest BCUT2D eigenvalue weighted by Crippen LogP contribution is 2.28. The Kier molecular flexibility index (Phi) is 5.74. The predicted molar refractivity (Wildman–Crippen MR) is 107 cm³/mol. The van der Waals surface area contributed by atoms with Gasteiger partial charge < -0.3 is 14.1 Å². The molecule has 28 heavy (non-hydrogen) atoms. The second kappa shape index (κ2) is 8.59. The van der Waals surface area contributed by atoms with Gasteiger partial charge in [-0.1, -0.05) is 54.1 Å². The Balaban J connectivity index is 1.35. The Hall–Kier alpha value is -2.63. The summed E-state index contributed by atoms with van der Waals surface area (Å²) in [7, 11) is 0. The molecule has 6 heteroatoms. The Morgan fingerprint density at radius 1 is 1.14 bits per heavy atom. The number of morpholine rings is 1. The first-order valence-electron chi connectivity index (χ1n) is 9.34. The largest absolute Gasteiger partial charge is 0.441 e. The lowest BCUT2D eigenvalue weighted by atomic mass is 10.1. The van der Waals surface area contributed by atoms with Crippen LogP contribution in [0, 0.1) is 0 Å². The molecule has 1 unspecified atom stereocenters. The number of oxazole rings is 1. The molecule has 0 bridgehead atoms. The van der Waals surface area contributed by atoms with Gasteiger partial charge in [-0.2, -0.15) is 0 Å². The average Bonchev–Trinajstić information content (AvgIpc) is 3.22. The third-order valence-electron chi connectivity index (χ3n) is 4.84. The smallest absolute Gasteiger partial charge is 0.223 e. The van der Waals surface area contributed by atoms with Gasteiger partial charge in [0, 0.05) is 24.9 Å². The van der Waals surface area contributed by atoms with Gasteiger partial charge in [0.25, 0.3) is 0 Å². The maximum Gasteiger partial charge on any atom is 0.223 e. The number of rotatable bonds is 5. The molecule has 0 saturated carbocycles. The molecule has 1 atom stereocenters. The summed E-state index contributed by atoms with van der Waals surface area (Å²) in [4.78, 5) is 18.8. The summed E-state index contributed by atoms with van der Waals surface area (Å²) >= 11 is 6.20. The van der Waals surface area contributed by atoms with Gasteiger partial charge >= 0.3 is 0 Å². The number of aromatic nitrogens is 1. The van der Waals surface area contributed by atoms with Gasteiger partial charge in [-0.3, -0.25) is 4.79 Å². The average molecular weight is 397 g/mol. The zero-order valence-corrected chi connectivity index (χ0v) is 16.1. The molecule has 0 N–H and O–H groups in total. The molecule has 0 spiro atoms. The lowest BCUT2D eigenvalue weighted by Crippen LogP contribution is -2.42. The monoisotopic (exact) mass is 396 g/mol. The van der Waals surface area contributed by atoms with Gasteiger partial charge in [0.1, 0.15) is 6.10 Å². The maximum atomic E-state index is 12.7. The summed E-state index contributed by atoms with van der Waals surface area (Å²) < 4.78 is 11.6. The van der Waals surface area contributed by atoms with Crippen LogP contribution in [0.1, 0.15) is 24.0 Å². The van der Waals surface area contributed by atoms with Crippen molar-refractivity contribution in [1.29, 1.82) is 0 Å². The molecule has 5 nitrogen and oxygen atoms in total. The number of aryl methyl sites for hydroxylation is 1. The van der Waals surface area contributed by atoms with Crippen molar-refractivity contribution in [2.24, 2.45) is 0 Å². The van der Waals surface area contributed by atoms with E-state index in [4.69, 9.17) is 20.8 Å². The molecule has 2 heterocycles. The quantitative estimate of drug-likeness (QED) is 0.635. The number of hydrogen-bond acceptors (Lipinski definition) is 4. The van der Waals surface area contributed by atoms with E-state index < -0.39 is 0 Å². The minimum absolute atomic E-state index is 0.0764. The van der Waals surface area contributed by atoms with Crippen LogP contribution in [-0.4, -0.2) is 35.5 Å². The Morgan fingerprint density at radius 3 is 2.75 bits per heavy atom. The highest BCUT2D eigenvalue weighted by Gasteiger charge is 2.25. The van der Waals surface area contributed by atoms with Crippen LogP contribution in [0.25, 0.3) is 11.3 Å². The topological polar surface area (TPSA) is 55.6 Å². The minimum Gasteiger partial charge on any atom is -0.441 e.